The summed E-state index contributed by atoms with van der Waals surface area (Å²) in [7, 11) is 0. The standard InChI is InChI=1S/C9H9FINO/c10-5-1-2-6(11)8-7(12)3-4-13-9(5)8/h1-2,7H,3-4,12H2. The molecule has 1 aromatic carbocycles. The van der Waals surface area contributed by atoms with Gasteiger partial charge in [-0.15, -0.1) is 0 Å². The van der Waals surface area contributed by atoms with Crippen LogP contribution in [0.5, 0.6) is 5.75 Å². The van der Waals surface area contributed by atoms with E-state index < -0.39 is 0 Å². The summed E-state index contributed by atoms with van der Waals surface area (Å²) in [5.41, 5.74) is 6.68. The molecule has 4 heteroatoms. The van der Waals surface area contributed by atoms with Gasteiger partial charge in [-0.2, -0.15) is 0 Å². The van der Waals surface area contributed by atoms with Gasteiger partial charge in [0.05, 0.1) is 6.61 Å². The van der Waals surface area contributed by atoms with Crippen molar-refractivity contribution in [3.8, 4) is 5.75 Å². The summed E-state index contributed by atoms with van der Waals surface area (Å²) in [6, 6.07) is 3.05. The van der Waals surface area contributed by atoms with Gasteiger partial charge in [0.15, 0.2) is 11.6 Å². The van der Waals surface area contributed by atoms with Crippen molar-refractivity contribution in [1.82, 2.24) is 0 Å². The van der Waals surface area contributed by atoms with Gasteiger partial charge < -0.3 is 10.5 Å². The van der Waals surface area contributed by atoms with Crippen molar-refractivity contribution < 1.29 is 9.13 Å². The fourth-order valence-electron chi connectivity index (χ4n) is 1.47. The average Bonchev–Trinajstić information content (AvgIpc) is 2.12. The number of rotatable bonds is 0. The van der Waals surface area contributed by atoms with Crippen molar-refractivity contribution in [3.63, 3.8) is 0 Å². The molecule has 1 aliphatic heterocycles. The third kappa shape index (κ3) is 1.52. The summed E-state index contributed by atoms with van der Waals surface area (Å²) in [5, 5.41) is 0. The molecule has 0 saturated carbocycles. The lowest BCUT2D eigenvalue weighted by atomic mass is 10.0. The molecule has 1 aromatic rings. The van der Waals surface area contributed by atoms with Gasteiger partial charge in [0.25, 0.3) is 0 Å². The maximum Gasteiger partial charge on any atom is 0.165 e. The van der Waals surface area contributed by atoms with Crippen LogP contribution in [0.1, 0.15) is 18.0 Å². The number of hydrogen-bond donors (Lipinski definition) is 1. The molecule has 13 heavy (non-hydrogen) atoms. The lowest BCUT2D eigenvalue weighted by Crippen LogP contribution is -2.22. The van der Waals surface area contributed by atoms with Gasteiger partial charge in [-0.1, -0.05) is 0 Å². The minimum atomic E-state index is -0.314. The molecule has 70 valence electrons. The molecule has 0 aromatic heterocycles. The van der Waals surface area contributed by atoms with Gasteiger partial charge in [-0.3, -0.25) is 0 Å². The van der Waals surface area contributed by atoms with Gasteiger partial charge in [-0.05, 0) is 34.7 Å². The third-order valence-corrected chi connectivity index (χ3v) is 3.08. The summed E-state index contributed by atoms with van der Waals surface area (Å²) < 4.78 is 19.5. The molecule has 0 spiro atoms. The Hall–Kier alpha value is -0.360. The summed E-state index contributed by atoms with van der Waals surface area (Å²) in [5.74, 6) is 0.0243. The first-order valence-corrected chi connectivity index (χ1v) is 5.14. The highest BCUT2D eigenvalue weighted by molar-refractivity contribution is 14.1. The van der Waals surface area contributed by atoms with Crippen molar-refractivity contribution in [1.29, 1.82) is 0 Å². The molecule has 2 N–H and O–H groups in total. The Labute approximate surface area is 89.4 Å². The Balaban J connectivity index is 2.60. The van der Waals surface area contributed by atoms with Crippen LogP contribution in [0.4, 0.5) is 4.39 Å². The minimum Gasteiger partial charge on any atom is -0.490 e. The quantitative estimate of drug-likeness (QED) is 0.744. The van der Waals surface area contributed by atoms with Crippen molar-refractivity contribution >= 4 is 22.6 Å². The molecular weight excluding hydrogens is 284 g/mol. The number of ether oxygens (including phenoxy) is 1. The topological polar surface area (TPSA) is 35.2 Å². The fraction of sp³-hybridized carbons (Fsp3) is 0.333. The highest BCUT2D eigenvalue weighted by atomic mass is 127. The molecule has 1 heterocycles. The van der Waals surface area contributed by atoms with Crippen LogP contribution >= 0.6 is 22.6 Å². The largest absolute Gasteiger partial charge is 0.490 e. The molecular formula is C9H9FINO. The molecule has 0 amide bonds. The van der Waals surface area contributed by atoms with Crippen LogP contribution < -0.4 is 10.5 Å². The molecule has 2 rings (SSSR count). The Bertz CT molecular complexity index is 343. The number of benzene rings is 1. The van der Waals surface area contributed by atoms with Gasteiger partial charge in [0, 0.05) is 21.6 Å². The second kappa shape index (κ2) is 3.42. The van der Waals surface area contributed by atoms with Crippen molar-refractivity contribution in [2.75, 3.05) is 6.61 Å². The van der Waals surface area contributed by atoms with E-state index in [1.807, 2.05) is 0 Å². The van der Waals surface area contributed by atoms with Crippen molar-refractivity contribution in [3.05, 3.63) is 27.1 Å². The lowest BCUT2D eigenvalue weighted by Gasteiger charge is -2.24. The first-order chi connectivity index (χ1) is 6.20. The second-order valence-corrected chi connectivity index (χ2v) is 4.18. The highest BCUT2D eigenvalue weighted by Crippen LogP contribution is 2.35. The molecule has 0 bridgehead atoms. The van der Waals surface area contributed by atoms with E-state index in [0.717, 1.165) is 15.6 Å². The number of nitrogens with two attached hydrogens (primary N) is 1. The molecule has 2 nitrogen and oxygen atoms in total. The van der Waals surface area contributed by atoms with E-state index in [-0.39, 0.29) is 11.9 Å². The average molecular weight is 293 g/mol. The predicted molar refractivity (Wildman–Crippen MR) is 56.2 cm³/mol. The van der Waals surface area contributed by atoms with Crippen molar-refractivity contribution in [2.45, 2.75) is 12.5 Å². The Kier molecular flexibility index (Phi) is 2.42. The summed E-state index contributed by atoms with van der Waals surface area (Å²) in [4.78, 5) is 0. The van der Waals surface area contributed by atoms with Crippen LogP contribution in [0.25, 0.3) is 0 Å². The third-order valence-electron chi connectivity index (χ3n) is 2.14. The van der Waals surface area contributed by atoms with E-state index in [1.54, 1.807) is 6.07 Å². The zero-order valence-electron chi connectivity index (χ0n) is 6.89. The monoisotopic (exact) mass is 293 g/mol. The maximum absolute atomic E-state index is 13.2. The predicted octanol–water partition coefficient (Wildman–Crippen LogP) is 2.21. The zero-order valence-corrected chi connectivity index (χ0v) is 9.05. The summed E-state index contributed by atoms with van der Waals surface area (Å²) in [6.45, 7) is 0.505. The van der Waals surface area contributed by atoms with Gasteiger partial charge in [0.1, 0.15) is 0 Å². The van der Waals surface area contributed by atoms with Crippen LogP contribution in [0.3, 0.4) is 0 Å². The number of fused-ring (bicyclic) bond motifs is 1. The van der Waals surface area contributed by atoms with Crippen LogP contribution in [0.2, 0.25) is 0 Å². The molecule has 0 fully saturated rings. The number of halogens is 2. The van der Waals surface area contributed by atoms with E-state index in [9.17, 15) is 4.39 Å². The fourth-order valence-corrected chi connectivity index (χ4v) is 2.30. The van der Waals surface area contributed by atoms with Crippen LogP contribution in [-0.2, 0) is 0 Å². The first kappa shape index (κ1) is 9.21. The highest BCUT2D eigenvalue weighted by Gasteiger charge is 2.23. The van der Waals surface area contributed by atoms with Crippen LogP contribution in [-0.4, -0.2) is 6.61 Å². The molecule has 0 radical (unpaired) electrons. The normalized spacial score (nSPS) is 20.7. The van der Waals surface area contributed by atoms with Crippen LogP contribution in [0.15, 0.2) is 12.1 Å². The molecule has 1 atom stereocenters. The molecule has 0 saturated heterocycles. The smallest absolute Gasteiger partial charge is 0.165 e. The maximum atomic E-state index is 13.2. The molecule has 1 aliphatic rings. The van der Waals surface area contributed by atoms with E-state index in [2.05, 4.69) is 22.6 Å². The first-order valence-electron chi connectivity index (χ1n) is 4.06. The Morgan fingerprint density at radius 3 is 3.00 bits per heavy atom. The summed E-state index contributed by atoms with van der Waals surface area (Å²) >= 11 is 2.15. The van der Waals surface area contributed by atoms with Crippen LogP contribution in [0, 0.1) is 9.39 Å². The molecule has 1 unspecified atom stereocenters. The van der Waals surface area contributed by atoms with E-state index >= 15 is 0 Å². The van der Waals surface area contributed by atoms with E-state index in [1.165, 1.54) is 6.07 Å². The zero-order chi connectivity index (χ0) is 9.42. The SMILES string of the molecule is NC1CCOc2c(F)ccc(I)c21. The van der Waals surface area contributed by atoms with E-state index in [0.29, 0.717) is 12.4 Å². The minimum absolute atomic E-state index is 0.0913. The van der Waals surface area contributed by atoms with Gasteiger partial charge in [-0.25, -0.2) is 4.39 Å². The summed E-state index contributed by atoms with van der Waals surface area (Å²) in [6.07, 6.45) is 0.756. The van der Waals surface area contributed by atoms with Gasteiger partial charge in [0.2, 0.25) is 0 Å². The Morgan fingerprint density at radius 2 is 2.31 bits per heavy atom. The van der Waals surface area contributed by atoms with Gasteiger partial charge >= 0.3 is 0 Å². The van der Waals surface area contributed by atoms with E-state index in [4.69, 9.17) is 10.5 Å². The lowest BCUT2D eigenvalue weighted by molar-refractivity contribution is 0.254. The number of hydrogen-bond acceptors (Lipinski definition) is 2. The van der Waals surface area contributed by atoms with Crippen molar-refractivity contribution in [2.24, 2.45) is 5.73 Å². The molecule has 0 aliphatic carbocycles. The second-order valence-electron chi connectivity index (χ2n) is 3.02. The Morgan fingerprint density at radius 1 is 1.54 bits per heavy atom.